The Kier molecular flexibility index (Phi) is 5.57. The summed E-state index contributed by atoms with van der Waals surface area (Å²) in [5.74, 6) is 0.0122. The number of nitrogens with zero attached hydrogens (tertiary/aromatic N) is 4. The van der Waals surface area contributed by atoms with Gasteiger partial charge in [-0.3, -0.25) is 15.0 Å². The highest BCUT2D eigenvalue weighted by Crippen LogP contribution is 2.24. The van der Waals surface area contributed by atoms with Crippen LogP contribution in [-0.2, 0) is 0 Å². The third-order valence-electron chi connectivity index (χ3n) is 4.69. The molecule has 4 rings (SSSR count). The van der Waals surface area contributed by atoms with Gasteiger partial charge in [-0.05, 0) is 48.7 Å². The summed E-state index contributed by atoms with van der Waals surface area (Å²) in [4.78, 5) is 17.3. The summed E-state index contributed by atoms with van der Waals surface area (Å²) in [6.07, 6.45) is 7.61. The number of aliphatic hydroxyl groups excluding tert-OH is 1. The number of halogens is 1. The molecule has 2 aromatic rings. The van der Waals surface area contributed by atoms with E-state index in [2.05, 4.69) is 20.0 Å². The normalized spacial score (nSPS) is 18.7. The van der Waals surface area contributed by atoms with Crippen LogP contribution in [0.5, 0.6) is 11.6 Å². The van der Waals surface area contributed by atoms with Crippen LogP contribution in [0.25, 0.3) is 0 Å². The first-order chi connectivity index (χ1) is 14.1. The summed E-state index contributed by atoms with van der Waals surface area (Å²) in [6, 6.07) is 8.57. The third-order valence-corrected chi connectivity index (χ3v) is 4.69. The van der Waals surface area contributed by atoms with E-state index in [1.54, 1.807) is 24.5 Å². The number of aliphatic imine (C=N–C) groups is 3. The highest BCUT2D eigenvalue weighted by atomic mass is 19.1. The van der Waals surface area contributed by atoms with E-state index in [1.165, 1.54) is 6.07 Å². The van der Waals surface area contributed by atoms with Gasteiger partial charge in [-0.25, -0.2) is 9.37 Å². The maximum atomic E-state index is 14.4. The Labute approximate surface area is 168 Å². The SMILES string of the molecule is C[C@H](CO)CC1N=CC(c2ccc(Oc3ncc(C4=NCC=C4)cc3F)cc2)=N1. The molecule has 3 heterocycles. The predicted octanol–water partition coefficient (Wildman–Crippen LogP) is 3.59. The molecule has 0 bridgehead atoms. The molecule has 1 aromatic carbocycles. The Morgan fingerprint density at radius 3 is 2.72 bits per heavy atom. The van der Waals surface area contributed by atoms with Gasteiger partial charge in [0, 0.05) is 30.1 Å². The number of ether oxygens (including phenoxy) is 1. The van der Waals surface area contributed by atoms with Crippen LogP contribution < -0.4 is 4.74 Å². The number of aliphatic hydroxyl groups is 1. The van der Waals surface area contributed by atoms with E-state index in [0.717, 1.165) is 17.0 Å². The molecule has 2 aliphatic heterocycles. The molecular weight excluding hydrogens is 371 g/mol. The van der Waals surface area contributed by atoms with E-state index < -0.39 is 5.82 Å². The summed E-state index contributed by atoms with van der Waals surface area (Å²) in [5, 5.41) is 9.16. The third kappa shape index (κ3) is 4.46. The first-order valence-electron chi connectivity index (χ1n) is 9.49. The summed E-state index contributed by atoms with van der Waals surface area (Å²) in [5.41, 5.74) is 3.03. The highest BCUT2D eigenvalue weighted by molar-refractivity contribution is 6.39. The summed E-state index contributed by atoms with van der Waals surface area (Å²) >= 11 is 0. The molecule has 148 valence electrons. The largest absolute Gasteiger partial charge is 0.436 e. The standard InChI is InChI=1S/C22H21FN4O2/c1-14(13-28)9-21-25-12-20(27-21)15-4-6-17(7-5-15)29-22-18(23)10-16(11-26-22)19-3-2-8-24-19/h2-7,10-12,14,21,28H,8-9,13H2,1H3/t14-,21?/m0/s1. The number of aromatic nitrogens is 1. The van der Waals surface area contributed by atoms with Gasteiger partial charge in [0.05, 0.1) is 18.0 Å². The molecule has 1 N–H and O–H groups in total. The van der Waals surface area contributed by atoms with Crippen molar-refractivity contribution in [2.24, 2.45) is 20.9 Å². The van der Waals surface area contributed by atoms with Crippen molar-refractivity contribution in [3.05, 3.63) is 65.6 Å². The number of hydrogen-bond acceptors (Lipinski definition) is 6. The van der Waals surface area contributed by atoms with Crippen LogP contribution in [-0.4, -0.2) is 47.0 Å². The molecule has 0 aliphatic carbocycles. The van der Waals surface area contributed by atoms with Gasteiger partial charge in [0.1, 0.15) is 11.9 Å². The molecule has 0 spiro atoms. The fraction of sp³-hybridized carbons (Fsp3) is 0.273. The van der Waals surface area contributed by atoms with Crippen LogP contribution >= 0.6 is 0 Å². The zero-order chi connectivity index (χ0) is 20.2. The second kappa shape index (κ2) is 8.45. The van der Waals surface area contributed by atoms with Crippen LogP contribution in [0.3, 0.4) is 0 Å². The van der Waals surface area contributed by atoms with Crippen LogP contribution in [0.1, 0.15) is 24.5 Å². The van der Waals surface area contributed by atoms with Gasteiger partial charge < -0.3 is 9.84 Å². The van der Waals surface area contributed by atoms with Crippen molar-refractivity contribution in [2.45, 2.75) is 19.5 Å². The molecule has 0 radical (unpaired) electrons. The lowest BCUT2D eigenvalue weighted by Gasteiger charge is -2.09. The van der Waals surface area contributed by atoms with Gasteiger partial charge in [-0.2, -0.15) is 0 Å². The second-order valence-corrected chi connectivity index (χ2v) is 7.06. The van der Waals surface area contributed by atoms with Crippen molar-refractivity contribution in [3.63, 3.8) is 0 Å². The molecule has 0 saturated carbocycles. The van der Waals surface area contributed by atoms with E-state index in [9.17, 15) is 4.39 Å². The molecule has 29 heavy (non-hydrogen) atoms. The lowest BCUT2D eigenvalue weighted by atomic mass is 10.1. The highest BCUT2D eigenvalue weighted by Gasteiger charge is 2.17. The van der Waals surface area contributed by atoms with Crippen molar-refractivity contribution in [1.82, 2.24) is 4.98 Å². The Morgan fingerprint density at radius 1 is 1.21 bits per heavy atom. The molecule has 7 heteroatoms. The molecule has 0 amide bonds. The monoisotopic (exact) mass is 392 g/mol. The van der Waals surface area contributed by atoms with Crippen LogP contribution in [0, 0.1) is 11.7 Å². The number of allylic oxidation sites excluding steroid dienone is 1. The number of pyridine rings is 1. The van der Waals surface area contributed by atoms with E-state index in [0.29, 0.717) is 24.3 Å². The van der Waals surface area contributed by atoms with Crippen LogP contribution in [0.2, 0.25) is 0 Å². The molecule has 1 aromatic heterocycles. The first-order valence-corrected chi connectivity index (χ1v) is 9.49. The average Bonchev–Trinajstić information content (AvgIpc) is 3.42. The summed E-state index contributed by atoms with van der Waals surface area (Å²) in [6.45, 7) is 2.70. The van der Waals surface area contributed by atoms with Gasteiger partial charge in [0.15, 0.2) is 5.82 Å². The Morgan fingerprint density at radius 2 is 2.03 bits per heavy atom. The number of hydrogen-bond donors (Lipinski definition) is 1. The Bertz CT molecular complexity index is 1010. The molecule has 1 unspecified atom stereocenters. The fourth-order valence-electron chi connectivity index (χ4n) is 3.08. The zero-order valence-electron chi connectivity index (χ0n) is 16.0. The lowest BCUT2D eigenvalue weighted by Crippen LogP contribution is -2.09. The zero-order valence-corrected chi connectivity index (χ0v) is 16.0. The van der Waals surface area contributed by atoms with Gasteiger partial charge in [0.25, 0.3) is 5.88 Å². The maximum absolute atomic E-state index is 14.4. The van der Waals surface area contributed by atoms with E-state index in [-0.39, 0.29) is 24.6 Å². The van der Waals surface area contributed by atoms with Gasteiger partial charge >= 0.3 is 0 Å². The van der Waals surface area contributed by atoms with Gasteiger partial charge in [0.2, 0.25) is 0 Å². The molecule has 0 fully saturated rings. The van der Waals surface area contributed by atoms with Crippen molar-refractivity contribution < 1.29 is 14.2 Å². The lowest BCUT2D eigenvalue weighted by molar-refractivity contribution is 0.224. The predicted molar refractivity (Wildman–Crippen MR) is 111 cm³/mol. The molecule has 2 atom stereocenters. The Hall–Kier alpha value is -3.19. The van der Waals surface area contributed by atoms with Crippen molar-refractivity contribution in [3.8, 4) is 11.6 Å². The van der Waals surface area contributed by atoms with Crippen molar-refractivity contribution in [2.75, 3.05) is 13.2 Å². The fourth-order valence-corrected chi connectivity index (χ4v) is 3.08. The summed E-state index contributed by atoms with van der Waals surface area (Å²) < 4.78 is 20.0. The topological polar surface area (TPSA) is 79.4 Å². The van der Waals surface area contributed by atoms with Crippen molar-refractivity contribution >= 4 is 17.6 Å². The molecule has 2 aliphatic rings. The molecular formula is C22H21FN4O2. The second-order valence-electron chi connectivity index (χ2n) is 7.06. The minimum absolute atomic E-state index is 0.0816. The maximum Gasteiger partial charge on any atom is 0.255 e. The Balaban J connectivity index is 1.43. The van der Waals surface area contributed by atoms with Gasteiger partial charge in [-0.1, -0.05) is 13.0 Å². The quantitative estimate of drug-likeness (QED) is 0.782. The smallest absolute Gasteiger partial charge is 0.255 e. The van der Waals surface area contributed by atoms with Crippen LogP contribution in [0.15, 0.2) is 63.7 Å². The van der Waals surface area contributed by atoms with Crippen molar-refractivity contribution in [1.29, 1.82) is 0 Å². The number of benzene rings is 1. The first kappa shape index (κ1) is 19.1. The van der Waals surface area contributed by atoms with E-state index >= 15 is 0 Å². The minimum Gasteiger partial charge on any atom is -0.436 e. The minimum atomic E-state index is -0.539. The number of rotatable bonds is 7. The molecule has 6 nitrogen and oxygen atoms in total. The summed E-state index contributed by atoms with van der Waals surface area (Å²) in [7, 11) is 0. The van der Waals surface area contributed by atoms with Gasteiger partial charge in [-0.15, -0.1) is 0 Å². The van der Waals surface area contributed by atoms with Crippen LogP contribution in [0.4, 0.5) is 4.39 Å². The van der Waals surface area contributed by atoms with E-state index in [1.807, 2.05) is 31.2 Å². The molecule has 0 saturated heterocycles. The van der Waals surface area contributed by atoms with E-state index in [4.69, 9.17) is 9.84 Å². The average molecular weight is 392 g/mol.